The van der Waals surface area contributed by atoms with Crippen LogP contribution in [0.1, 0.15) is 11.3 Å². The molecule has 3 aromatic rings. The fourth-order valence-electron chi connectivity index (χ4n) is 2.21. The number of ether oxygens (including phenoxy) is 1. The highest BCUT2D eigenvalue weighted by molar-refractivity contribution is 5.85. The van der Waals surface area contributed by atoms with Gasteiger partial charge >= 0.3 is 6.09 Å². The SMILES string of the molecule is Cc1cnc(-c2ccc(NC(=O)OCc3ccccc3)cc2F)[nH]1. The molecule has 0 radical (unpaired) electrons. The molecule has 5 nitrogen and oxygen atoms in total. The molecule has 122 valence electrons. The molecule has 0 saturated carbocycles. The van der Waals surface area contributed by atoms with Gasteiger partial charge in [0.1, 0.15) is 18.2 Å². The summed E-state index contributed by atoms with van der Waals surface area (Å²) >= 11 is 0. The molecule has 0 fully saturated rings. The van der Waals surface area contributed by atoms with Gasteiger partial charge in [0.25, 0.3) is 0 Å². The van der Waals surface area contributed by atoms with E-state index in [1.165, 1.54) is 6.07 Å². The molecule has 0 bridgehead atoms. The Kier molecular flexibility index (Phi) is 4.56. The molecule has 0 saturated heterocycles. The van der Waals surface area contributed by atoms with Crippen LogP contribution < -0.4 is 5.32 Å². The van der Waals surface area contributed by atoms with Crippen LogP contribution >= 0.6 is 0 Å². The van der Waals surface area contributed by atoms with Gasteiger partial charge in [-0.1, -0.05) is 30.3 Å². The van der Waals surface area contributed by atoms with E-state index in [0.29, 0.717) is 17.1 Å². The Morgan fingerprint density at radius 2 is 2.04 bits per heavy atom. The molecule has 24 heavy (non-hydrogen) atoms. The third-order valence-corrected chi connectivity index (χ3v) is 3.39. The molecule has 6 heteroatoms. The van der Waals surface area contributed by atoms with Gasteiger partial charge in [-0.2, -0.15) is 0 Å². The van der Waals surface area contributed by atoms with Gasteiger partial charge in [0.2, 0.25) is 0 Å². The second kappa shape index (κ2) is 6.95. The van der Waals surface area contributed by atoms with E-state index in [9.17, 15) is 9.18 Å². The molecule has 0 spiro atoms. The summed E-state index contributed by atoms with van der Waals surface area (Å²) in [5.41, 5.74) is 2.38. The third-order valence-electron chi connectivity index (χ3n) is 3.39. The van der Waals surface area contributed by atoms with E-state index in [4.69, 9.17) is 4.74 Å². The summed E-state index contributed by atoms with van der Waals surface area (Å²) in [4.78, 5) is 18.8. The monoisotopic (exact) mass is 325 g/mol. The molecule has 0 atom stereocenters. The molecular weight excluding hydrogens is 309 g/mol. The van der Waals surface area contributed by atoms with Crippen LogP contribution in [-0.2, 0) is 11.3 Å². The highest BCUT2D eigenvalue weighted by Gasteiger charge is 2.11. The quantitative estimate of drug-likeness (QED) is 0.752. The van der Waals surface area contributed by atoms with Gasteiger partial charge in [-0.05, 0) is 30.7 Å². The number of imidazole rings is 1. The number of hydrogen-bond acceptors (Lipinski definition) is 3. The number of carbonyl (C=O) groups excluding carboxylic acids is 1. The van der Waals surface area contributed by atoms with Crippen LogP contribution in [0.4, 0.5) is 14.9 Å². The smallest absolute Gasteiger partial charge is 0.411 e. The molecule has 0 aliphatic carbocycles. The van der Waals surface area contributed by atoms with Crippen molar-refractivity contribution < 1.29 is 13.9 Å². The van der Waals surface area contributed by atoms with Crippen molar-refractivity contribution in [3.05, 3.63) is 71.8 Å². The Hall–Kier alpha value is -3.15. The summed E-state index contributed by atoms with van der Waals surface area (Å²) in [5, 5.41) is 2.51. The average molecular weight is 325 g/mol. The van der Waals surface area contributed by atoms with Crippen LogP contribution in [0.2, 0.25) is 0 Å². The lowest BCUT2D eigenvalue weighted by molar-refractivity contribution is 0.155. The maximum Gasteiger partial charge on any atom is 0.411 e. The number of H-pyrrole nitrogens is 1. The number of nitrogens with one attached hydrogen (secondary N) is 2. The molecule has 0 aliphatic rings. The normalized spacial score (nSPS) is 10.4. The van der Waals surface area contributed by atoms with Gasteiger partial charge in [-0.25, -0.2) is 14.2 Å². The first kappa shape index (κ1) is 15.7. The number of anilines is 1. The van der Waals surface area contributed by atoms with Crippen molar-refractivity contribution in [3.63, 3.8) is 0 Å². The minimum Gasteiger partial charge on any atom is -0.444 e. The van der Waals surface area contributed by atoms with Gasteiger partial charge in [0.05, 0.1) is 5.56 Å². The second-order valence-corrected chi connectivity index (χ2v) is 5.30. The van der Waals surface area contributed by atoms with Crippen LogP contribution in [0.3, 0.4) is 0 Å². The number of hydrogen-bond donors (Lipinski definition) is 2. The zero-order valence-electron chi connectivity index (χ0n) is 13.0. The number of aromatic nitrogens is 2. The predicted molar refractivity (Wildman–Crippen MR) is 89.0 cm³/mol. The Morgan fingerprint density at radius 1 is 1.25 bits per heavy atom. The van der Waals surface area contributed by atoms with Crippen molar-refractivity contribution in [1.82, 2.24) is 9.97 Å². The van der Waals surface area contributed by atoms with Crippen molar-refractivity contribution in [2.75, 3.05) is 5.32 Å². The predicted octanol–water partition coefficient (Wildman–Crippen LogP) is 4.27. The Balaban J connectivity index is 1.63. The molecule has 0 aliphatic heterocycles. The van der Waals surface area contributed by atoms with E-state index in [0.717, 1.165) is 11.3 Å². The lowest BCUT2D eigenvalue weighted by Crippen LogP contribution is -2.13. The minimum atomic E-state index is -0.639. The summed E-state index contributed by atoms with van der Waals surface area (Å²) in [6.45, 7) is 1.99. The molecule has 1 aromatic heterocycles. The largest absolute Gasteiger partial charge is 0.444 e. The number of carbonyl (C=O) groups is 1. The number of rotatable bonds is 4. The van der Waals surface area contributed by atoms with Gasteiger partial charge < -0.3 is 9.72 Å². The maximum atomic E-state index is 14.2. The Bertz CT molecular complexity index is 846. The van der Waals surface area contributed by atoms with Crippen LogP contribution in [0.25, 0.3) is 11.4 Å². The number of aryl methyl sites for hydroxylation is 1. The summed E-state index contributed by atoms with van der Waals surface area (Å²) in [7, 11) is 0. The molecule has 3 rings (SSSR count). The molecule has 2 N–H and O–H groups in total. The fourth-order valence-corrected chi connectivity index (χ4v) is 2.21. The first-order valence-corrected chi connectivity index (χ1v) is 7.41. The first-order valence-electron chi connectivity index (χ1n) is 7.41. The topological polar surface area (TPSA) is 67.0 Å². The number of nitrogens with zero attached hydrogens (tertiary/aromatic N) is 1. The van der Waals surface area contributed by atoms with Crippen molar-refractivity contribution in [3.8, 4) is 11.4 Å². The van der Waals surface area contributed by atoms with E-state index in [-0.39, 0.29) is 6.61 Å². The lowest BCUT2D eigenvalue weighted by atomic mass is 10.2. The fraction of sp³-hybridized carbons (Fsp3) is 0.111. The van der Waals surface area contributed by atoms with Gasteiger partial charge in [0, 0.05) is 17.6 Å². The van der Waals surface area contributed by atoms with Crippen molar-refractivity contribution >= 4 is 11.8 Å². The van der Waals surface area contributed by atoms with E-state index >= 15 is 0 Å². The average Bonchev–Trinajstić information content (AvgIpc) is 3.00. The van der Waals surface area contributed by atoms with Crippen molar-refractivity contribution in [2.24, 2.45) is 0 Å². The van der Waals surface area contributed by atoms with Gasteiger partial charge in [-0.3, -0.25) is 5.32 Å². The summed E-state index contributed by atoms with van der Waals surface area (Å²) in [5.74, 6) is -0.0339. The van der Waals surface area contributed by atoms with Crippen LogP contribution in [-0.4, -0.2) is 16.1 Å². The van der Waals surface area contributed by atoms with E-state index in [1.54, 1.807) is 18.3 Å². The zero-order valence-corrected chi connectivity index (χ0v) is 13.0. The molecule has 2 aromatic carbocycles. The van der Waals surface area contributed by atoms with Gasteiger partial charge in [0.15, 0.2) is 0 Å². The van der Waals surface area contributed by atoms with Crippen molar-refractivity contribution in [1.29, 1.82) is 0 Å². The van der Waals surface area contributed by atoms with Crippen LogP contribution in [0.5, 0.6) is 0 Å². The Labute approximate surface area is 138 Å². The van der Waals surface area contributed by atoms with Crippen molar-refractivity contribution in [2.45, 2.75) is 13.5 Å². The van der Waals surface area contributed by atoms with Gasteiger partial charge in [-0.15, -0.1) is 0 Å². The highest BCUT2D eigenvalue weighted by atomic mass is 19.1. The highest BCUT2D eigenvalue weighted by Crippen LogP contribution is 2.23. The number of benzene rings is 2. The number of aromatic amines is 1. The lowest BCUT2D eigenvalue weighted by Gasteiger charge is -2.08. The summed E-state index contributed by atoms with van der Waals surface area (Å²) in [6.07, 6.45) is 0.988. The molecule has 0 unspecified atom stereocenters. The summed E-state index contributed by atoms with van der Waals surface area (Å²) in [6, 6.07) is 13.7. The minimum absolute atomic E-state index is 0.152. The number of halogens is 1. The maximum absolute atomic E-state index is 14.2. The van der Waals surface area contributed by atoms with E-state index < -0.39 is 11.9 Å². The second-order valence-electron chi connectivity index (χ2n) is 5.30. The van der Waals surface area contributed by atoms with E-state index in [1.807, 2.05) is 37.3 Å². The molecule has 1 amide bonds. The standard InChI is InChI=1S/C18H16FN3O2/c1-12-10-20-17(21-12)15-8-7-14(9-16(15)19)22-18(23)24-11-13-5-3-2-4-6-13/h2-10H,11H2,1H3,(H,20,21)(H,22,23). The zero-order chi connectivity index (χ0) is 16.9. The van der Waals surface area contributed by atoms with E-state index in [2.05, 4.69) is 15.3 Å². The third kappa shape index (κ3) is 3.78. The summed E-state index contributed by atoms with van der Waals surface area (Å²) < 4.78 is 19.3. The molecular formula is C18H16FN3O2. The Morgan fingerprint density at radius 3 is 2.71 bits per heavy atom. The van der Waals surface area contributed by atoms with Crippen LogP contribution in [0, 0.1) is 12.7 Å². The number of amides is 1. The first-order chi connectivity index (χ1) is 11.6. The van der Waals surface area contributed by atoms with Crippen LogP contribution in [0.15, 0.2) is 54.7 Å². The molecule has 1 heterocycles.